The number of hydrogen-bond acceptors (Lipinski definition) is 3. The molecule has 1 aromatic heterocycles. The quantitative estimate of drug-likeness (QED) is 0.625. The average Bonchev–Trinajstić information content (AvgIpc) is 2.88. The minimum absolute atomic E-state index is 0.0405. The van der Waals surface area contributed by atoms with E-state index in [1.165, 1.54) is 12.1 Å². The fraction of sp³-hybridized carbons (Fsp3) is 0.154. The van der Waals surface area contributed by atoms with Crippen molar-refractivity contribution in [3.05, 3.63) is 60.1 Å². The zero-order valence-electron chi connectivity index (χ0n) is 9.72. The van der Waals surface area contributed by atoms with Crippen molar-refractivity contribution in [2.24, 2.45) is 5.16 Å². The van der Waals surface area contributed by atoms with Gasteiger partial charge < -0.3 is 9.25 Å². The van der Waals surface area contributed by atoms with Crippen LogP contribution in [-0.2, 0) is 11.4 Å². The molecular weight excluding hydrogens is 259 g/mol. The van der Waals surface area contributed by atoms with Gasteiger partial charge in [-0.15, -0.1) is 0 Å². The van der Waals surface area contributed by atoms with E-state index in [1.54, 1.807) is 30.3 Å². The number of halogens is 3. The molecule has 6 heteroatoms. The zero-order valence-corrected chi connectivity index (χ0v) is 9.72. The van der Waals surface area contributed by atoms with Gasteiger partial charge in [-0.2, -0.15) is 13.2 Å². The van der Waals surface area contributed by atoms with Crippen molar-refractivity contribution >= 4 is 5.71 Å². The van der Waals surface area contributed by atoms with Crippen LogP contribution >= 0.6 is 0 Å². The third-order valence-corrected chi connectivity index (χ3v) is 2.25. The lowest BCUT2D eigenvalue weighted by molar-refractivity contribution is -0.0627. The minimum Gasteiger partial charge on any atom is -0.463 e. The van der Waals surface area contributed by atoms with Gasteiger partial charge in [-0.05, 0) is 17.7 Å². The summed E-state index contributed by atoms with van der Waals surface area (Å²) in [5, 5.41) is 3.13. The Hall–Kier alpha value is -2.24. The predicted molar refractivity (Wildman–Crippen MR) is 62.5 cm³/mol. The first kappa shape index (κ1) is 13.2. The first-order valence-electron chi connectivity index (χ1n) is 5.42. The van der Waals surface area contributed by atoms with E-state index in [0.29, 0.717) is 0 Å². The number of oxime groups is 1. The lowest BCUT2D eigenvalue weighted by Crippen LogP contribution is -2.24. The van der Waals surface area contributed by atoms with Crippen LogP contribution in [0, 0.1) is 0 Å². The second-order valence-electron chi connectivity index (χ2n) is 3.67. The molecule has 0 N–H and O–H groups in total. The molecule has 1 aromatic carbocycles. The zero-order chi connectivity index (χ0) is 13.7. The molecule has 0 atom stereocenters. The van der Waals surface area contributed by atoms with Gasteiger partial charge in [0.25, 0.3) is 0 Å². The normalized spacial score (nSPS) is 12.5. The molecular formula is C13H10F3NO2. The van der Waals surface area contributed by atoms with Gasteiger partial charge in [-0.25, -0.2) is 0 Å². The van der Waals surface area contributed by atoms with Gasteiger partial charge in [0.15, 0.2) is 5.76 Å². The van der Waals surface area contributed by atoms with Crippen LogP contribution in [0.25, 0.3) is 0 Å². The smallest absolute Gasteiger partial charge is 0.440 e. The Bertz CT molecular complexity index is 533. The molecule has 3 nitrogen and oxygen atoms in total. The minimum atomic E-state index is -4.63. The molecule has 100 valence electrons. The standard InChI is InChI=1S/C13H10F3NO2/c14-13(15,16)12(11-7-4-8-18-11)17-19-9-10-5-2-1-3-6-10/h1-8H,9H2/b17-12+. The van der Waals surface area contributed by atoms with E-state index < -0.39 is 11.9 Å². The molecule has 2 rings (SSSR count). The van der Waals surface area contributed by atoms with Crippen molar-refractivity contribution in [2.75, 3.05) is 0 Å². The first-order valence-corrected chi connectivity index (χ1v) is 5.42. The summed E-state index contributed by atoms with van der Waals surface area (Å²) in [6.45, 7) is -0.0405. The Balaban J connectivity index is 2.10. The van der Waals surface area contributed by atoms with E-state index in [4.69, 9.17) is 9.25 Å². The molecule has 0 aliphatic carbocycles. The molecule has 0 unspecified atom stereocenters. The monoisotopic (exact) mass is 269 g/mol. The van der Waals surface area contributed by atoms with Crippen molar-refractivity contribution in [1.29, 1.82) is 0 Å². The van der Waals surface area contributed by atoms with Crippen LogP contribution in [0.1, 0.15) is 11.3 Å². The lowest BCUT2D eigenvalue weighted by Gasteiger charge is -2.07. The molecule has 1 heterocycles. The summed E-state index contributed by atoms with van der Waals surface area (Å²) in [6, 6.07) is 11.3. The average molecular weight is 269 g/mol. The highest BCUT2D eigenvalue weighted by molar-refractivity contribution is 6.02. The third-order valence-electron chi connectivity index (χ3n) is 2.25. The summed E-state index contributed by atoms with van der Waals surface area (Å²) < 4.78 is 42.9. The van der Waals surface area contributed by atoms with E-state index in [2.05, 4.69) is 5.16 Å². The maximum atomic E-state index is 12.7. The summed E-state index contributed by atoms with van der Waals surface area (Å²) >= 11 is 0. The van der Waals surface area contributed by atoms with Crippen LogP contribution in [0.2, 0.25) is 0 Å². The fourth-order valence-corrected chi connectivity index (χ4v) is 1.40. The Morgan fingerprint density at radius 1 is 1.11 bits per heavy atom. The Morgan fingerprint density at radius 3 is 2.42 bits per heavy atom. The number of hydrogen-bond donors (Lipinski definition) is 0. The van der Waals surface area contributed by atoms with E-state index in [0.717, 1.165) is 11.8 Å². The molecule has 0 amide bonds. The van der Waals surface area contributed by atoms with Crippen molar-refractivity contribution < 1.29 is 22.4 Å². The largest absolute Gasteiger partial charge is 0.463 e. The SMILES string of the molecule is FC(F)(F)/C(=N/OCc1ccccc1)c1ccco1. The van der Waals surface area contributed by atoms with E-state index >= 15 is 0 Å². The second-order valence-corrected chi connectivity index (χ2v) is 3.67. The van der Waals surface area contributed by atoms with Crippen molar-refractivity contribution in [2.45, 2.75) is 12.8 Å². The highest BCUT2D eigenvalue weighted by atomic mass is 19.4. The van der Waals surface area contributed by atoms with E-state index in [9.17, 15) is 13.2 Å². The van der Waals surface area contributed by atoms with Gasteiger partial charge in [0.05, 0.1) is 6.26 Å². The maximum Gasteiger partial charge on any atom is 0.440 e. The Kier molecular flexibility index (Phi) is 3.89. The molecule has 0 bridgehead atoms. The molecule has 0 aliphatic heterocycles. The van der Waals surface area contributed by atoms with Gasteiger partial charge in [-0.1, -0.05) is 35.5 Å². The van der Waals surface area contributed by atoms with Crippen LogP contribution in [-0.4, -0.2) is 11.9 Å². The van der Waals surface area contributed by atoms with Crippen LogP contribution in [0.4, 0.5) is 13.2 Å². The highest BCUT2D eigenvalue weighted by Crippen LogP contribution is 2.23. The summed E-state index contributed by atoms with van der Waals surface area (Å²) in [4.78, 5) is 4.74. The van der Waals surface area contributed by atoms with Gasteiger partial charge in [0.2, 0.25) is 5.71 Å². The number of nitrogens with zero attached hydrogens (tertiary/aromatic N) is 1. The summed E-state index contributed by atoms with van der Waals surface area (Å²) in [6.07, 6.45) is -3.48. The van der Waals surface area contributed by atoms with Gasteiger partial charge >= 0.3 is 6.18 Å². The van der Waals surface area contributed by atoms with E-state index in [1.807, 2.05) is 0 Å². The van der Waals surface area contributed by atoms with Gasteiger partial charge in [-0.3, -0.25) is 0 Å². The number of benzene rings is 1. The summed E-state index contributed by atoms with van der Waals surface area (Å²) in [5.41, 5.74) is -0.458. The van der Waals surface area contributed by atoms with Crippen molar-refractivity contribution in [1.82, 2.24) is 0 Å². The van der Waals surface area contributed by atoms with Gasteiger partial charge in [0, 0.05) is 0 Å². The van der Waals surface area contributed by atoms with Crippen LogP contribution in [0.3, 0.4) is 0 Å². The highest BCUT2D eigenvalue weighted by Gasteiger charge is 2.39. The van der Waals surface area contributed by atoms with Gasteiger partial charge in [0.1, 0.15) is 6.61 Å². The van der Waals surface area contributed by atoms with Crippen LogP contribution < -0.4 is 0 Å². The Labute approximate surface area is 107 Å². The van der Waals surface area contributed by atoms with E-state index in [-0.39, 0.29) is 12.4 Å². The molecule has 0 radical (unpaired) electrons. The molecule has 0 fully saturated rings. The second kappa shape index (κ2) is 5.60. The predicted octanol–water partition coefficient (Wildman–Crippen LogP) is 3.76. The molecule has 0 spiro atoms. The van der Waals surface area contributed by atoms with Crippen LogP contribution in [0.5, 0.6) is 0 Å². The summed E-state index contributed by atoms with van der Waals surface area (Å²) in [5.74, 6) is -0.374. The fourth-order valence-electron chi connectivity index (χ4n) is 1.40. The Morgan fingerprint density at radius 2 is 1.84 bits per heavy atom. The first-order chi connectivity index (χ1) is 9.07. The molecule has 0 saturated heterocycles. The number of alkyl halides is 3. The molecule has 0 aliphatic rings. The number of rotatable bonds is 4. The topological polar surface area (TPSA) is 34.7 Å². The molecule has 2 aromatic rings. The maximum absolute atomic E-state index is 12.7. The molecule has 0 saturated carbocycles. The van der Waals surface area contributed by atoms with Crippen molar-refractivity contribution in [3.8, 4) is 0 Å². The lowest BCUT2D eigenvalue weighted by atomic mass is 10.2. The van der Waals surface area contributed by atoms with Crippen LogP contribution in [0.15, 0.2) is 58.3 Å². The summed E-state index contributed by atoms with van der Waals surface area (Å²) in [7, 11) is 0. The third kappa shape index (κ3) is 3.61. The van der Waals surface area contributed by atoms with Crippen molar-refractivity contribution in [3.63, 3.8) is 0 Å². The molecule has 19 heavy (non-hydrogen) atoms. The number of furan rings is 1.